The van der Waals surface area contributed by atoms with Crippen molar-refractivity contribution in [1.29, 1.82) is 0 Å². The van der Waals surface area contributed by atoms with Crippen LogP contribution in [0.25, 0.3) is 61.1 Å². The van der Waals surface area contributed by atoms with Crippen LogP contribution in [0.4, 0.5) is 5.69 Å². The predicted octanol–water partition coefficient (Wildman–Crippen LogP) is 3.89. The van der Waals surface area contributed by atoms with Crippen molar-refractivity contribution in [3.63, 3.8) is 0 Å². The van der Waals surface area contributed by atoms with Crippen LogP contribution in [0.2, 0.25) is 0 Å². The van der Waals surface area contributed by atoms with Crippen LogP contribution < -0.4 is 43.8 Å². The maximum atomic E-state index is 12.6. The number of ether oxygens (including phenoxy) is 1. The van der Waals surface area contributed by atoms with Crippen LogP contribution in [0.1, 0.15) is 19.2 Å². The molecule has 0 saturated heterocycles. The van der Waals surface area contributed by atoms with Crippen molar-refractivity contribution in [3.8, 4) is 5.75 Å². The Morgan fingerprint density at radius 2 is 1.47 bits per heavy atom. The number of hydrogen-bond acceptors (Lipinski definition) is 11. The first kappa shape index (κ1) is 34.6. The van der Waals surface area contributed by atoms with Crippen molar-refractivity contribution in [2.45, 2.75) is 19.2 Å². The summed E-state index contributed by atoms with van der Waals surface area (Å²) in [6, 6.07) is 21.3. The molecule has 0 atom stereocenters. The van der Waals surface area contributed by atoms with Crippen molar-refractivity contribution >= 4 is 87.0 Å². The van der Waals surface area contributed by atoms with Crippen LogP contribution in [-0.4, -0.2) is 25.9 Å². The molecule has 0 bridgehead atoms. The molecule has 0 radical (unpaired) electrons. The van der Waals surface area contributed by atoms with E-state index in [4.69, 9.17) is 18.0 Å². The largest absolute Gasteiger partial charge is 1.00 e. The molecule has 0 unspecified atom stereocenters. The monoisotopic (exact) mass is 730 g/mol. The molecule has 15 heteroatoms. The fourth-order valence-corrected chi connectivity index (χ4v) is 7.36. The van der Waals surface area contributed by atoms with Crippen LogP contribution in [0.15, 0.2) is 127 Å². The Hall–Kier alpha value is -4.85. The van der Waals surface area contributed by atoms with Gasteiger partial charge in [-0.05, 0) is 48.6 Å². The number of oxazole rings is 1. The van der Waals surface area contributed by atoms with Gasteiger partial charge in [-0.1, -0.05) is 49.1 Å². The van der Waals surface area contributed by atoms with Crippen LogP contribution in [0.5, 0.6) is 5.75 Å². The number of aromatic nitrogens is 1. The van der Waals surface area contributed by atoms with Crippen LogP contribution in [-0.2, 0) is 26.1 Å². The topological polar surface area (TPSA) is 170 Å². The number of fused-ring (bicyclic) bond motifs is 8. The van der Waals surface area contributed by atoms with Gasteiger partial charge < -0.3 is 27.1 Å². The molecular weight excluding hydrogens is 708 g/mol. The molecule has 1 aliphatic heterocycles. The summed E-state index contributed by atoms with van der Waals surface area (Å²) in [5, 5.41) is 2.22. The molecule has 1 aliphatic rings. The number of allylic oxidation sites excluding steroid dienone is 2. The zero-order valence-corrected chi connectivity index (χ0v) is 30.6. The quantitative estimate of drug-likeness (QED) is 0.101. The molecule has 0 spiro atoms. The third-order valence-corrected chi connectivity index (χ3v) is 9.64. The molecule has 51 heavy (non-hydrogen) atoms. The molecule has 8 rings (SSSR count). The van der Waals surface area contributed by atoms with E-state index in [0.717, 1.165) is 21.1 Å². The molecule has 0 saturated carbocycles. The van der Waals surface area contributed by atoms with Crippen molar-refractivity contribution in [3.05, 3.63) is 119 Å². The molecule has 0 N–H and O–H groups in total. The number of hydrogen-bond donors (Lipinski definition) is 0. The second kappa shape index (κ2) is 12.7. The van der Waals surface area contributed by atoms with E-state index < -0.39 is 31.1 Å². The summed E-state index contributed by atoms with van der Waals surface area (Å²) in [6.45, 7) is 5.18. The number of anilines is 1. The van der Waals surface area contributed by atoms with Gasteiger partial charge in [-0.15, -0.1) is 4.57 Å². The molecule has 0 fully saturated rings. The number of para-hydroxylation sites is 2. The van der Waals surface area contributed by atoms with Gasteiger partial charge >= 0.3 is 35.4 Å². The summed E-state index contributed by atoms with van der Waals surface area (Å²) < 4.78 is 99.4. The number of nitrogens with zero attached hydrogens (tertiary/aromatic N) is 2. The molecule has 12 nitrogen and oxygen atoms in total. The normalized spacial score (nSPS) is 14.3. The van der Waals surface area contributed by atoms with Crippen LogP contribution in [0, 0.1) is 0 Å². The van der Waals surface area contributed by atoms with E-state index in [9.17, 15) is 25.9 Å². The molecular formula is C36H23N2NaO10S2. The van der Waals surface area contributed by atoms with Gasteiger partial charge in [0.05, 0.1) is 17.8 Å². The maximum Gasteiger partial charge on any atom is 1.00 e. The first-order chi connectivity index (χ1) is 23.9. The van der Waals surface area contributed by atoms with E-state index in [1.165, 1.54) is 16.7 Å². The minimum absolute atomic E-state index is 0. The summed E-state index contributed by atoms with van der Waals surface area (Å²) >= 11 is 0. The van der Waals surface area contributed by atoms with E-state index in [1.54, 1.807) is 43.3 Å². The fourth-order valence-electron chi connectivity index (χ4n) is 6.17. The first-order valence-electron chi connectivity index (χ1n) is 15.1. The van der Waals surface area contributed by atoms with Gasteiger partial charge in [-0.2, -0.15) is 0 Å². The SMILES string of the molecule is C=C=C=C(N1C(=CC(=Cc2oc3cc4c(cc3[n+]2CS(=O)(=O)[O-])oc2ccccc24)CC)Oc2cc3c(cc21)oc1ccccc13)S(=O)(=O)[O-].[Na+]. The Morgan fingerprint density at radius 1 is 0.843 bits per heavy atom. The van der Waals surface area contributed by atoms with E-state index in [2.05, 4.69) is 18.0 Å². The summed E-state index contributed by atoms with van der Waals surface area (Å²) in [5.74, 6) is -0.805. The van der Waals surface area contributed by atoms with Gasteiger partial charge in [0.15, 0.2) is 20.9 Å². The number of furan rings is 2. The average molecular weight is 731 g/mol. The minimum atomic E-state index is -5.16. The summed E-state index contributed by atoms with van der Waals surface area (Å²) in [7, 11) is -9.97. The van der Waals surface area contributed by atoms with E-state index in [-0.39, 0.29) is 52.8 Å². The molecule has 4 heterocycles. The van der Waals surface area contributed by atoms with Crippen molar-refractivity contribution in [1.82, 2.24) is 0 Å². The van der Waals surface area contributed by atoms with Gasteiger partial charge in [0, 0.05) is 33.7 Å². The number of benzene rings is 4. The average Bonchev–Trinajstić information content (AvgIpc) is 3.80. The van der Waals surface area contributed by atoms with Crippen molar-refractivity contribution < 1.29 is 78.1 Å². The van der Waals surface area contributed by atoms with E-state index in [0.29, 0.717) is 50.8 Å². The molecule has 0 amide bonds. The Morgan fingerprint density at radius 3 is 2.08 bits per heavy atom. The molecule has 7 aromatic rings. The standard InChI is InChI=1S/C36H24N2O10S2.Na/c1-3-9-36(50(42,43)44)38-27-19-31-25(23-11-6-8-13-29(23)46-31)17-33(27)48-35(38)15-21(4-2)14-34-37(20-49(39,40)41)26-18-30-24(16-32(26)47-34)22-10-5-7-12-28(22)45-30;/h5-8,10-19H,1,4,20H2,2H3,(H-,39,40,41,42,43,44);/q;+1/p-1. The van der Waals surface area contributed by atoms with Gasteiger partial charge in [-0.25, -0.2) is 16.8 Å². The third kappa shape index (κ3) is 6.13. The second-order valence-electron chi connectivity index (χ2n) is 11.4. The third-order valence-electron chi connectivity index (χ3n) is 8.31. The number of rotatable bonds is 7. The molecule has 3 aromatic heterocycles. The van der Waals surface area contributed by atoms with Crippen LogP contribution >= 0.6 is 0 Å². The van der Waals surface area contributed by atoms with Gasteiger partial charge in [-0.3, -0.25) is 4.90 Å². The van der Waals surface area contributed by atoms with Gasteiger partial charge in [0.2, 0.25) is 17.3 Å². The zero-order chi connectivity index (χ0) is 34.9. The Bertz CT molecular complexity index is 2980. The van der Waals surface area contributed by atoms with E-state index >= 15 is 0 Å². The smallest absolute Gasteiger partial charge is 0.743 e. The fraction of sp³-hybridized carbons (Fsp3) is 0.0833. The Kier molecular flexibility index (Phi) is 8.63. The maximum absolute atomic E-state index is 12.6. The summed E-state index contributed by atoms with van der Waals surface area (Å²) in [5.41, 5.74) is 7.87. The Labute approximate surface area is 312 Å². The molecule has 250 valence electrons. The first-order valence-corrected chi connectivity index (χ1v) is 18.1. The van der Waals surface area contributed by atoms with E-state index in [1.807, 2.05) is 36.4 Å². The molecule has 4 aromatic carbocycles. The van der Waals surface area contributed by atoms with Crippen LogP contribution in [0.3, 0.4) is 0 Å². The van der Waals surface area contributed by atoms with Gasteiger partial charge in [0.25, 0.3) is 5.52 Å². The van der Waals surface area contributed by atoms with Crippen molar-refractivity contribution in [2.75, 3.05) is 4.90 Å². The van der Waals surface area contributed by atoms with Gasteiger partial charge in [0.1, 0.15) is 32.5 Å². The summed E-state index contributed by atoms with van der Waals surface area (Å²) in [4.78, 5) is 1.07. The minimum Gasteiger partial charge on any atom is -0.743 e. The second-order valence-corrected chi connectivity index (χ2v) is 14.1. The Balaban J connectivity index is 0.00000406. The molecule has 0 aliphatic carbocycles. The summed E-state index contributed by atoms with van der Waals surface area (Å²) in [6.07, 6.45) is 3.26. The van der Waals surface area contributed by atoms with Crippen molar-refractivity contribution in [2.24, 2.45) is 0 Å². The predicted molar refractivity (Wildman–Crippen MR) is 182 cm³/mol. The zero-order valence-electron chi connectivity index (χ0n) is 27.0.